The van der Waals surface area contributed by atoms with E-state index in [9.17, 15) is 22.4 Å². The van der Waals surface area contributed by atoms with E-state index in [1.54, 1.807) is 0 Å². The molecule has 1 aliphatic rings. The van der Waals surface area contributed by atoms with Crippen LogP contribution in [0.4, 0.5) is 17.6 Å². The Hall–Kier alpha value is -3.21. The Labute approximate surface area is 166 Å². The summed E-state index contributed by atoms with van der Waals surface area (Å²) >= 11 is 0. The summed E-state index contributed by atoms with van der Waals surface area (Å²) in [6, 6.07) is 3.48. The first kappa shape index (κ1) is 20.1. The van der Waals surface area contributed by atoms with Gasteiger partial charge in [-0.1, -0.05) is 0 Å². The average Bonchev–Trinajstić information content (AvgIpc) is 3.10. The molecule has 0 saturated heterocycles. The van der Waals surface area contributed by atoms with Gasteiger partial charge in [-0.15, -0.1) is 0 Å². The van der Waals surface area contributed by atoms with Crippen molar-refractivity contribution in [3.8, 4) is 17.3 Å². The molecule has 3 aromatic rings. The zero-order valence-corrected chi connectivity index (χ0v) is 15.3. The van der Waals surface area contributed by atoms with Gasteiger partial charge in [0, 0.05) is 18.4 Å². The first-order chi connectivity index (χ1) is 14.3. The average molecular weight is 425 g/mol. The molecule has 1 saturated carbocycles. The van der Waals surface area contributed by atoms with E-state index in [-0.39, 0.29) is 36.0 Å². The summed E-state index contributed by atoms with van der Waals surface area (Å²) in [5.41, 5.74) is -1.10. The van der Waals surface area contributed by atoms with Crippen LogP contribution in [0.2, 0.25) is 0 Å². The minimum absolute atomic E-state index is 0.146. The second-order valence-electron chi connectivity index (χ2n) is 6.77. The summed E-state index contributed by atoms with van der Waals surface area (Å²) in [7, 11) is 0. The zero-order chi connectivity index (χ0) is 21.3. The van der Waals surface area contributed by atoms with E-state index in [1.165, 1.54) is 18.5 Å². The lowest BCUT2D eigenvalue weighted by Gasteiger charge is -2.34. The number of aromatic nitrogens is 3. The van der Waals surface area contributed by atoms with Crippen LogP contribution in [-0.4, -0.2) is 27.3 Å². The van der Waals surface area contributed by atoms with Gasteiger partial charge >= 0.3 is 6.18 Å². The number of ether oxygens (including phenoxy) is 2. The van der Waals surface area contributed by atoms with Crippen LogP contribution < -0.4 is 10.3 Å². The van der Waals surface area contributed by atoms with E-state index >= 15 is 0 Å². The Kier molecular flexibility index (Phi) is 5.29. The van der Waals surface area contributed by atoms with Crippen molar-refractivity contribution < 1.29 is 31.6 Å². The fraction of sp³-hybridized carbons (Fsp3) is 0.316. The van der Waals surface area contributed by atoms with Gasteiger partial charge in [-0.05, 0) is 18.2 Å². The highest BCUT2D eigenvalue weighted by Gasteiger charge is 2.33. The number of alkyl halides is 3. The lowest BCUT2D eigenvalue weighted by molar-refractivity contribution is -0.137. The third-order valence-corrected chi connectivity index (χ3v) is 4.59. The number of hydrogen-bond acceptors (Lipinski definition) is 6. The summed E-state index contributed by atoms with van der Waals surface area (Å²) in [5.74, 6) is -0.231. The largest absolute Gasteiger partial charge is 0.473 e. The van der Waals surface area contributed by atoms with Crippen molar-refractivity contribution in [2.24, 2.45) is 0 Å². The first-order valence-electron chi connectivity index (χ1n) is 8.93. The van der Waals surface area contributed by atoms with Gasteiger partial charge in [0.25, 0.3) is 5.56 Å². The SMILES string of the molecule is O=c1cc(-c2cnc(OC3CC(OCc4cc(C(F)(F)F)ccc4F)C3)cn2)o[nH]1. The molecule has 0 atom stereocenters. The fourth-order valence-corrected chi connectivity index (χ4v) is 2.90. The first-order valence-corrected chi connectivity index (χ1v) is 8.93. The predicted molar refractivity (Wildman–Crippen MR) is 94.0 cm³/mol. The van der Waals surface area contributed by atoms with E-state index in [0.29, 0.717) is 24.6 Å². The van der Waals surface area contributed by atoms with E-state index in [0.717, 1.165) is 12.1 Å². The second-order valence-corrected chi connectivity index (χ2v) is 6.77. The normalized spacial score (nSPS) is 18.8. The van der Waals surface area contributed by atoms with Gasteiger partial charge in [-0.2, -0.15) is 18.3 Å². The van der Waals surface area contributed by atoms with Crippen LogP contribution in [0.1, 0.15) is 24.0 Å². The smallest absolute Gasteiger partial charge is 0.416 e. The number of hydrogen-bond donors (Lipinski definition) is 1. The maximum absolute atomic E-state index is 13.7. The van der Waals surface area contributed by atoms with Crippen molar-refractivity contribution in [3.05, 3.63) is 64.0 Å². The van der Waals surface area contributed by atoms with Crippen LogP contribution >= 0.6 is 0 Å². The molecule has 0 amide bonds. The summed E-state index contributed by atoms with van der Waals surface area (Å²) in [5, 5.41) is 2.15. The Bertz CT molecular complexity index is 1070. The number of H-pyrrole nitrogens is 1. The second kappa shape index (κ2) is 7.90. The molecular weight excluding hydrogens is 410 g/mol. The van der Waals surface area contributed by atoms with E-state index in [4.69, 9.17) is 14.0 Å². The molecule has 0 radical (unpaired) electrons. The maximum Gasteiger partial charge on any atom is 0.416 e. The molecular formula is C19H15F4N3O4. The Morgan fingerprint density at radius 1 is 1.13 bits per heavy atom. The van der Waals surface area contributed by atoms with Crippen molar-refractivity contribution in [2.75, 3.05) is 0 Å². The van der Waals surface area contributed by atoms with Crippen molar-refractivity contribution in [1.29, 1.82) is 0 Å². The van der Waals surface area contributed by atoms with Crippen molar-refractivity contribution in [2.45, 2.75) is 37.8 Å². The van der Waals surface area contributed by atoms with Crippen molar-refractivity contribution in [3.63, 3.8) is 0 Å². The minimum atomic E-state index is -4.54. The summed E-state index contributed by atoms with van der Waals surface area (Å²) in [4.78, 5) is 19.3. The maximum atomic E-state index is 13.7. The zero-order valence-electron chi connectivity index (χ0n) is 15.3. The van der Waals surface area contributed by atoms with Gasteiger partial charge in [0.2, 0.25) is 5.88 Å². The molecule has 2 heterocycles. The van der Waals surface area contributed by atoms with Gasteiger partial charge in [0.1, 0.15) is 17.6 Å². The lowest BCUT2D eigenvalue weighted by atomic mass is 9.92. The number of benzene rings is 1. The predicted octanol–water partition coefficient (Wildman–Crippen LogP) is 3.71. The molecule has 0 spiro atoms. The van der Waals surface area contributed by atoms with Gasteiger partial charge in [0.15, 0.2) is 5.76 Å². The molecule has 11 heteroatoms. The number of rotatable bonds is 6. The van der Waals surface area contributed by atoms with E-state index < -0.39 is 23.1 Å². The number of nitrogens with one attached hydrogen (secondary N) is 1. The van der Waals surface area contributed by atoms with Gasteiger partial charge in [-0.3, -0.25) is 4.79 Å². The number of nitrogens with zero attached hydrogens (tertiary/aromatic N) is 2. The highest BCUT2D eigenvalue weighted by atomic mass is 19.4. The highest BCUT2D eigenvalue weighted by molar-refractivity contribution is 5.49. The van der Waals surface area contributed by atoms with Gasteiger partial charge in [-0.25, -0.2) is 14.4 Å². The highest BCUT2D eigenvalue weighted by Crippen LogP contribution is 2.32. The quantitative estimate of drug-likeness (QED) is 0.606. The Morgan fingerprint density at radius 3 is 2.57 bits per heavy atom. The van der Waals surface area contributed by atoms with Crippen LogP contribution in [0.5, 0.6) is 5.88 Å². The molecule has 2 aromatic heterocycles. The number of halogens is 4. The molecule has 1 aliphatic carbocycles. The summed E-state index contributed by atoms with van der Waals surface area (Å²) < 4.78 is 68.0. The number of aromatic amines is 1. The molecule has 4 rings (SSSR count). The van der Waals surface area contributed by atoms with Crippen LogP contribution in [0, 0.1) is 5.82 Å². The van der Waals surface area contributed by atoms with Gasteiger partial charge < -0.3 is 14.0 Å². The van der Waals surface area contributed by atoms with Crippen LogP contribution in [0.3, 0.4) is 0 Å². The summed E-state index contributed by atoms with van der Waals surface area (Å²) in [6.45, 7) is -0.260. The minimum Gasteiger partial charge on any atom is -0.473 e. The van der Waals surface area contributed by atoms with E-state index in [2.05, 4.69) is 15.1 Å². The standard InChI is InChI=1S/C19H15F4N3O4/c20-14-2-1-11(19(21,22)23)3-10(14)9-28-12-4-13(5-12)29-18-8-24-15(7-25-18)16-6-17(27)26-30-16/h1-3,6-8,12-13H,4-5,9H2,(H,26,27). The molecule has 30 heavy (non-hydrogen) atoms. The van der Waals surface area contributed by atoms with Crippen LogP contribution in [-0.2, 0) is 17.5 Å². The van der Waals surface area contributed by atoms with Gasteiger partial charge in [0.05, 0.1) is 36.7 Å². The molecule has 0 unspecified atom stereocenters. The molecule has 158 valence electrons. The molecule has 1 N–H and O–H groups in total. The fourth-order valence-electron chi connectivity index (χ4n) is 2.90. The molecule has 0 bridgehead atoms. The third kappa shape index (κ3) is 4.51. The molecule has 0 aliphatic heterocycles. The Balaban J connectivity index is 1.26. The Morgan fingerprint density at radius 2 is 1.93 bits per heavy atom. The summed E-state index contributed by atoms with van der Waals surface area (Å²) in [6.07, 6.45) is -1.26. The monoisotopic (exact) mass is 425 g/mol. The van der Waals surface area contributed by atoms with Crippen molar-refractivity contribution in [1.82, 2.24) is 15.1 Å². The molecule has 7 nitrogen and oxygen atoms in total. The van der Waals surface area contributed by atoms with E-state index in [1.807, 2.05) is 0 Å². The molecule has 1 aromatic carbocycles. The topological polar surface area (TPSA) is 90.2 Å². The third-order valence-electron chi connectivity index (χ3n) is 4.59. The lowest BCUT2D eigenvalue weighted by Crippen LogP contribution is -2.39. The van der Waals surface area contributed by atoms with Crippen molar-refractivity contribution >= 4 is 0 Å². The van der Waals surface area contributed by atoms with Crippen LogP contribution in [0.25, 0.3) is 11.5 Å². The molecule has 1 fully saturated rings. The van der Waals surface area contributed by atoms with Crippen LogP contribution in [0.15, 0.2) is 46.0 Å².